The Balaban J connectivity index is 2.72. The SMILES string of the molecule is O=[N+]([O-])C=Cc1ccccn1. The van der Waals surface area contributed by atoms with Crippen LogP contribution in [0.2, 0.25) is 0 Å². The molecule has 0 bridgehead atoms. The number of nitro groups is 1. The first-order chi connectivity index (χ1) is 5.29. The molecule has 0 saturated carbocycles. The first-order valence-electron chi connectivity index (χ1n) is 3.02. The molecule has 0 radical (unpaired) electrons. The lowest BCUT2D eigenvalue weighted by atomic mass is 10.3. The number of aromatic nitrogens is 1. The second-order valence-corrected chi connectivity index (χ2v) is 1.86. The molecule has 1 aromatic heterocycles. The number of pyridine rings is 1. The number of nitrogens with zero attached hydrogens (tertiary/aromatic N) is 2. The molecule has 0 amide bonds. The molecule has 0 fully saturated rings. The van der Waals surface area contributed by atoms with Gasteiger partial charge in [0.25, 0.3) is 0 Å². The van der Waals surface area contributed by atoms with Crippen molar-refractivity contribution in [3.8, 4) is 0 Å². The maximum Gasteiger partial charge on any atom is 0.236 e. The van der Waals surface area contributed by atoms with Gasteiger partial charge in [0.1, 0.15) is 0 Å². The highest BCUT2D eigenvalue weighted by molar-refractivity contribution is 5.41. The lowest BCUT2D eigenvalue weighted by Gasteiger charge is -1.85. The molecule has 4 nitrogen and oxygen atoms in total. The Morgan fingerprint density at radius 1 is 1.55 bits per heavy atom. The minimum Gasteiger partial charge on any atom is -0.259 e. The molecular weight excluding hydrogens is 144 g/mol. The van der Waals surface area contributed by atoms with E-state index in [9.17, 15) is 10.1 Å². The summed E-state index contributed by atoms with van der Waals surface area (Å²) in [7, 11) is 0. The van der Waals surface area contributed by atoms with Crippen LogP contribution in [-0.2, 0) is 0 Å². The minimum absolute atomic E-state index is 0.519. The number of hydrogen-bond acceptors (Lipinski definition) is 3. The van der Waals surface area contributed by atoms with Gasteiger partial charge in [-0.1, -0.05) is 6.07 Å². The van der Waals surface area contributed by atoms with Gasteiger partial charge in [0.05, 0.1) is 10.6 Å². The van der Waals surface area contributed by atoms with Crippen molar-refractivity contribution in [1.82, 2.24) is 4.98 Å². The Hall–Kier alpha value is -1.71. The van der Waals surface area contributed by atoms with Crippen LogP contribution in [0.25, 0.3) is 6.08 Å². The summed E-state index contributed by atoms with van der Waals surface area (Å²) in [5.41, 5.74) is 0.587. The molecule has 0 aliphatic heterocycles. The minimum atomic E-state index is -0.519. The molecule has 56 valence electrons. The summed E-state index contributed by atoms with van der Waals surface area (Å²) in [5, 5.41) is 9.86. The average Bonchev–Trinajstić information content (AvgIpc) is 2.03. The smallest absolute Gasteiger partial charge is 0.236 e. The monoisotopic (exact) mass is 150 g/mol. The maximum absolute atomic E-state index is 9.86. The standard InChI is InChI=1S/C7H6N2O2/c10-9(11)6-4-7-3-1-2-5-8-7/h1-6H. The summed E-state index contributed by atoms with van der Waals surface area (Å²) in [6.45, 7) is 0. The molecule has 0 aliphatic rings. The molecule has 0 unspecified atom stereocenters. The van der Waals surface area contributed by atoms with Crippen molar-refractivity contribution >= 4 is 6.08 Å². The summed E-state index contributed by atoms with van der Waals surface area (Å²) >= 11 is 0. The first-order valence-corrected chi connectivity index (χ1v) is 3.02. The van der Waals surface area contributed by atoms with Crippen LogP contribution in [0.1, 0.15) is 5.69 Å². The van der Waals surface area contributed by atoms with Gasteiger partial charge in [0.15, 0.2) is 0 Å². The molecule has 4 heteroatoms. The van der Waals surface area contributed by atoms with Crippen LogP contribution in [0.15, 0.2) is 30.6 Å². The third-order valence-electron chi connectivity index (χ3n) is 1.05. The molecule has 0 atom stereocenters. The second kappa shape index (κ2) is 3.46. The molecule has 0 N–H and O–H groups in total. The lowest BCUT2D eigenvalue weighted by molar-refractivity contribution is -0.401. The molecule has 0 saturated heterocycles. The van der Waals surface area contributed by atoms with Gasteiger partial charge in [0.2, 0.25) is 6.20 Å². The summed E-state index contributed by atoms with van der Waals surface area (Å²) in [6, 6.07) is 5.22. The van der Waals surface area contributed by atoms with Crippen molar-refractivity contribution in [3.05, 3.63) is 46.4 Å². The van der Waals surface area contributed by atoms with Gasteiger partial charge < -0.3 is 0 Å². The summed E-state index contributed by atoms with van der Waals surface area (Å²) in [6.07, 6.45) is 3.79. The Morgan fingerprint density at radius 3 is 2.91 bits per heavy atom. The van der Waals surface area contributed by atoms with Crippen LogP contribution >= 0.6 is 0 Å². The van der Waals surface area contributed by atoms with Gasteiger partial charge in [-0.05, 0) is 12.1 Å². The van der Waals surface area contributed by atoms with E-state index in [-0.39, 0.29) is 0 Å². The molecule has 11 heavy (non-hydrogen) atoms. The van der Waals surface area contributed by atoms with Crippen LogP contribution in [0.3, 0.4) is 0 Å². The van der Waals surface area contributed by atoms with Crippen molar-refractivity contribution < 1.29 is 4.92 Å². The van der Waals surface area contributed by atoms with Crippen molar-refractivity contribution in [2.24, 2.45) is 0 Å². The van der Waals surface area contributed by atoms with Crippen molar-refractivity contribution in [1.29, 1.82) is 0 Å². The van der Waals surface area contributed by atoms with Crippen LogP contribution in [0.5, 0.6) is 0 Å². The quantitative estimate of drug-likeness (QED) is 0.472. The summed E-state index contributed by atoms with van der Waals surface area (Å²) in [5.74, 6) is 0. The third-order valence-corrected chi connectivity index (χ3v) is 1.05. The van der Waals surface area contributed by atoms with Crippen LogP contribution < -0.4 is 0 Å². The van der Waals surface area contributed by atoms with Crippen molar-refractivity contribution in [2.75, 3.05) is 0 Å². The molecular formula is C7H6N2O2. The van der Waals surface area contributed by atoms with E-state index >= 15 is 0 Å². The second-order valence-electron chi connectivity index (χ2n) is 1.86. The van der Waals surface area contributed by atoms with Gasteiger partial charge >= 0.3 is 0 Å². The molecule has 0 aromatic carbocycles. The molecule has 0 aliphatic carbocycles. The number of hydrogen-bond donors (Lipinski definition) is 0. The lowest BCUT2D eigenvalue weighted by Crippen LogP contribution is -1.83. The average molecular weight is 150 g/mol. The fourth-order valence-corrected chi connectivity index (χ4v) is 0.612. The third kappa shape index (κ3) is 2.57. The van der Waals surface area contributed by atoms with Crippen molar-refractivity contribution in [3.63, 3.8) is 0 Å². The van der Waals surface area contributed by atoms with E-state index in [4.69, 9.17) is 0 Å². The first kappa shape index (κ1) is 7.40. The highest BCUT2D eigenvalue weighted by Crippen LogP contribution is 1.95. The highest BCUT2D eigenvalue weighted by atomic mass is 16.6. The Labute approximate surface area is 63.3 Å². The Bertz CT molecular complexity index is 269. The van der Waals surface area contributed by atoms with E-state index in [0.717, 1.165) is 6.20 Å². The van der Waals surface area contributed by atoms with Crippen molar-refractivity contribution in [2.45, 2.75) is 0 Å². The topological polar surface area (TPSA) is 56.0 Å². The fourth-order valence-electron chi connectivity index (χ4n) is 0.612. The molecule has 1 rings (SSSR count). The Kier molecular flexibility index (Phi) is 2.32. The van der Waals surface area contributed by atoms with E-state index in [1.54, 1.807) is 24.4 Å². The maximum atomic E-state index is 9.86. The van der Waals surface area contributed by atoms with Crippen LogP contribution in [0, 0.1) is 10.1 Å². The van der Waals surface area contributed by atoms with Crippen LogP contribution in [0.4, 0.5) is 0 Å². The van der Waals surface area contributed by atoms with E-state index in [2.05, 4.69) is 4.98 Å². The van der Waals surface area contributed by atoms with E-state index < -0.39 is 4.92 Å². The predicted octanol–water partition coefficient (Wildman–Crippen LogP) is 1.33. The zero-order valence-electron chi connectivity index (χ0n) is 5.68. The Morgan fingerprint density at radius 2 is 2.36 bits per heavy atom. The largest absolute Gasteiger partial charge is 0.259 e. The van der Waals surface area contributed by atoms with Crippen LogP contribution in [-0.4, -0.2) is 9.91 Å². The van der Waals surface area contributed by atoms with Gasteiger partial charge in [0, 0.05) is 12.3 Å². The fraction of sp³-hybridized carbons (Fsp3) is 0. The summed E-state index contributed by atoms with van der Waals surface area (Å²) < 4.78 is 0. The molecule has 1 aromatic rings. The number of rotatable bonds is 2. The van der Waals surface area contributed by atoms with Gasteiger partial charge in [-0.25, -0.2) is 0 Å². The van der Waals surface area contributed by atoms with E-state index in [1.165, 1.54) is 6.08 Å². The van der Waals surface area contributed by atoms with Gasteiger partial charge in [-0.2, -0.15) is 0 Å². The molecule has 1 heterocycles. The predicted molar refractivity (Wildman–Crippen MR) is 40.3 cm³/mol. The zero-order chi connectivity index (χ0) is 8.10. The molecule has 0 spiro atoms. The normalized spacial score (nSPS) is 10.2. The van der Waals surface area contributed by atoms with E-state index in [0.29, 0.717) is 5.69 Å². The van der Waals surface area contributed by atoms with E-state index in [1.807, 2.05) is 0 Å². The van der Waals surface area contributed by atoms with Gasteiger partial charge in [-0.15, -0.1) is 0 Å². The summed E-state index contributed by atoms with van der Waals surface area (Å²) in [4.78, 5) is 13.2. The zero-order valence-corrected chi connectivity index (χ0v) is 5.68. The highest BCUT2D eigenvalue weighted by Gasteiger charge is 1.87. The van der Waals surface area contributed by atoms with Gasteiger partial charge in [-0.3, -0.25) is 15.1 Å².